The van der Waals surface area contributed by atoms with Crippen molar-refractivity contribution in [3.05, 3.63) is 11.6 Å². The zero-order valence-corrected chi connectivity index (χ0v) is 11.2. The maximum atomic E-state index is 5.70. The van der Waals surface area contributed by atoms with Gasteiger partial charge in [0.2, 0.25) is 0 Å². The monoisotopic (exact) mass is 242 g/mol. The lowest BCUT2D eigenvalue weighted by Gasteiger charge is -2.21. The third kappa shape index (κ3) is 6.81. The van der Waals surface area contributed by atoms with Gasteiger partial charge in [-0.2, -0.15) is 0 Å². The van der Waals surface area contributed by atoms with Gasteiger partial charge in [-0.1, -0.05) is 6.08 Å². The first-order chi connectivity index (χ1) is 8.36. The summed E-state index contributed by atoms with van der Waals surface area (Å²) in [4.78, 5) is 0. The largest absolute Gasteiger partial charge is 0.385 e. The zero-order valence-electron chi connectivity index (χ0n) is 11.2. The zero-order chi connectivity index (χ0) is 12.3. The Hall–Kier alpha value is -0.380. The molecule has 3 nitrogen and oxygen atoms in total. The maximum Gasteiger partial charge on any atom is 0.0672 e. The molecule has 1 atom stereocenters. The molecule has 100 valence electrons. The van der Waals surface area contributed by atoms with Crippen molar-refractivity contribution in [3.8, 4) is 0 Å². The van der Waals surface area contributed by atoms with E-state index in [-0.39, 0.29) is 0 Å². The summed E-state index contributed by atoms with van der Waals surface area (Å²) in [5.74, 6) is 0.707. The Morgan fingerprint density at radius 1 is 1.18 bits per heavy atom. The second-order valence-electron chi connectivity index (χ2n) is 4.71. The van der Waals surface area contributed by atoms with Gasteiger partial charge >= 0.3 is 0 Å². The summed E-state index contributed by atoms with van der Waals surface area (Å²) < 4.78 is 15.8. The second kappa shape index (κ2) is 9.63. The Labute approximate surface area is 105 Å². The molecule has 3 heteroatoms. The topological polar surface area (TPSA) is 27.7 Å². The third-order valence-electron chi connectivity index (χ3n) is 3.18. The van der Waals surface area contributed by atoms with Gasteiger partial charge in [-0.15, -0.1) is 0 Å². The predicted molar refractivity (Wildman–Crippen MR) is 69.2 cm³/mol. The number of rotatable bonds is 9. The molecule has 1 rings (SSSR count). The predicted octanol–water partition coefficient (Wildman–Crippen LogP) is 2.80. The van der Waals surface area contributed by atoms with Crippen LogP contribution in [0.5, 0.6) is 0 Å². The van der Waals surface area contributed by atoms with E-state index in [1.807, 2.05) is 0 Å². The van der Waals surface area contributed by atoms with Crippen LogP contribution in [0.4, 0.5) is 0 Å². The molecule has 1 aliphatic carbocycles. The van der Waals surface area contributed by atoms with Crippen molar-refractivity contribution in [2.45, 2.75) is 32.1 Å². The summed E-state index contributed by atoms with van der Waals surface area (Å²) >= 11 is 0. The van der Waals surface area contributed by atoms with E-state index < -0.39 is 0 Å². The highest BCUT2D eigenvalue weighted by Crippen LogP contribution is 2.23. The molecule has 0 spiro atoms. The molecular weight excluding hydrogens is 216 g/mol. The van der Waals surface area contributed by atoms with E-state index in [1.165, 1.54) is 18.4 Å². The average molecular weight is 242 g/mol. The minimum absolute atomic E-state index is 0.707. The fraction of sp³-hybridized carbons (Fsp3) is 0.857. The minimum Gasteiger partial charge on any atom is -0.385 e. The van der Waals surface area contributed by atoms with Crippen molar-refractivity contribution in [1.82, 2.24) is 0 Å². The van der Waals surface area contributed by atoms with Crippen molar-refractivity contribution in [1.29, 1.82) is 0 Å². The van der Waals surface area contributed by atoms with Gasteiger partial charge < -0.3 is 14.2 Å². The Balaban J connectivity index is 1.98. The highest BCUT2D eigenvalue weighted by molar-refractivity contribution is 5.06. The Kier molecular flexibility index (Phi) is 8.32. The molecule has 0 aliphatic heterocycles. The first-order valence-electron chi connectivity index (χ1n) is 6.60. The second-order valence-corrected chi connectivity index (χ2v) is 4.71. The first-order valence-corrected chi connectivity index (χ1v) is 6.60. The minimum atomic E-state index is 0.707. The highest BCUT2D eigenvalue weighted by Gasteiger charge is 2.14. The fourth-order valence-electron chi connectivity index (χ4n) is 2.11. The van der Waals surface area contributed by atoms with E-state index in [0.29, 0.717) is 5.92 Å². The van der Waals surface area contributed by atoms with Crippen LogP contribution < -0.4 is 0 Å². The van der Waals surface area contributed by atoms with Crippen LogP contribution in [0.25, 0.3) is 0 Å². The summed E-state index contributed by atoms with van der Waals surface area (Å²) in [5, 5.41) is 0. The van der Waals surface area contributed by atoms with E-state index in [4.69, 9.17) is 14.2 Å². The molecule has 0 amide bonds. The molecule has 0 bridgehead atoms. The Bertz CT molecular complexity index is 214. The molecule has 0 heterocycles. The lowest BCUT2D eigenvalue weighted by atomic mass is 9.90. The van der Waals surface area contributed by atoms with Crippen LogP contribution in [-0.4, -0.2) is 40.6 Å². The van der Waals surface area contributed by atoms with Gasteiger partial charge in [0.25, 0.3) is 0 Å². The summed E-state index contributed by atoms with van der Waals surface area (Å²) in [6.07, 6.45) is 8.09. The molecule has 0 aromatic carbocycles. The number of allylic oxidation sites excluding steroid dienone is 1. The Morgan fingerprint density at radius 2 is 2.00 bits per heavy atom. The standard InChI is InChI=1S/C14H26O3/c1-15-9-3-4-10-17-12-14-7-5-13(6-8-14)11-16-2/h5,14H,3-4,6-12H2,1-2H3. The van der Waals surface area contributed by atoms with Crippen molar-refractivity contribution in [2.24, 2.45) is 5.92 Å². The lowest BCUT2D eigenvalue weighted by Crippen LogP contribution is -2.14. The molecule has 1 unspecified atom stereocenters. The van der Waals surface area contributed by atoms with Crippen LogP contribution in [0.1, 0.15) is 32.1 Å². The molecule has 0 N–H and O–H groups in total. The summed E-state index contributed by atoms with van der Waals surface area (Å²) in [6.45, 7) is 3.42. The summed E-state index contributed by atoms with van der Waals surface area (Å²) in [5.41, 5.74) is 1.45. The van der Waals surface area contributed by atoms with Crippen molar-refractivity contribution < 1.29 is 14.2 Å². The van der Waals surface area contributed by atoms with Crippen LogP contribution in [0.15, 0.2) is 11.6 Å². The van der Waals surface area contributed by atoms with Crippen LogP contribution in [0.3, 0.4) is 0 Å². The maximum absolute atomic E-state index is 5.70. The molecule has 1 aliphatic rings. The van der Waals surface area contributed by atoms with Gasteiger partial charge in [-0.05, 0) is 43.6 Å². The van der Waals surface area contributed by atoms with E-state index in [9.17, 15) is 0 Å². The number of hydrogen-bond donors (Lipinski definition) is 0. The van der Waals surface area contributed by atoms with Gasteiger partial charge in [0.05, 0.1) is 6.61 Å². The molecule has 0 fully saturated rings. The fourth-order valence-corrected chi connectivity index (χ4v) is 2.11. The SMILES string of the molecule is COCCCCOCC1CC=C(COC)CC1. The first kappa shape index (κ1) is 14.7. The van der Waals surface area contributed by atoms with Crippen LogP contribution in [0, 0.1) is 5.92 Å². The van der Waals surface area contributed by atoms with Gasteiger partial charge in [0.1, 0.15) is 0 Å². The number of ether oxygens (including phenoxy) is 3. The van der Waals surface area contributed by atoms with Crippen molar-refractivity contribution in [3.63, 3.8) is 0 Å². The van der Waals surface area contributed by atoms with Crippen LogP contribution >= 0.6 is 0 Å². The van der Waals surface area contributed by atoms with E-state index >= 15 is 0 Å². The summed E-state index contributed by atoms with van der Waals surface area (Å²) in [6, 6.07) is 0. The summed E-state index contributed by atoms with van der Waals surface area (Å²) in [7, 11) is 3.50. The van der Waals surface area contributed by atoms with Crippen LogP contribution in [0.2, 0.25) is 0 Å². The van der Waals surface area contributed by atoms with Crippen molar-refractivity contribution >= 4 is 0 Å². The van der Waals surface area contributed by atoms with Gasteiger partial charge in [0, 0.05) is 34.0 Å². The quantitative estimate of drug-likeness (QED) is 0.459. The molecule has 0 aromatic heterocycles. The molecule has 0 aromatic rings. The highest BCUT2D eigenvalue weighted by atomic mass is 16.5. The van der Waals surface area contributed by atoms with Crippen LogP contribution in [-0.2, 0) is 14.2 Å². The smallest absolute Gasteiger partial charge is 0.0672 e. The normalized spacial score (nSPS) is 20.4. The van der Waals surface area contributed by atoms with Gasteiger partial charge in [0.15, 0.2) is 0 Å². The molecule has 0 saturated heterocycles. The van der Waals surface area contributed by atoms with E-state index in [1.54, 1.807) is 14.2 Å². The number of methoxy groups -OCH3 is 2. The van der Waals surface area contributed by atoms with E-state index in [2.05, 4.69) is 6.08 Å². The Morgan fingerprint density at radius 3 is 2.65 bits per heavy atom. The molecule has 0 saturated carbocycles. The lowest BCUT2D eigenvalue weighted by molar-refractivity contribution is 0.0859. The van der Waals surface area contributed by atoms with Gasteiger partial charge in [-0.3, -0.25) is 0 Å². The van der Waals surface area contributed by atoms with Crippen molar-refractivity contribution in [2.75, 3.05) is 40.6 Å². The molecule has 17 heavy (non-hydrogen) atoms. The number of unbranched alkanes of at least 4 members (excludes halogenated alkanes) is 1. The molecular formula is C14H26O3. The van der Waals surface area contributed by atoms with Gasteiger partial charge in [-0.25, -0.2) is 0 Å². The number of hydrogen-bond acceptors (Lipinski definition) is 3. The molecule has 0 radical (unpaired) electrons. The van der Waals surface area contributed by atoms with E-state index in [0.717, 1.165) is 45.7 Å². The third-order valence-corrected chi connectivity index (χ3v) is 3.18. The average Bonchev–Trinajstić information content (AvgIpc) is 2.36.